The van der Waals surface area contributed by atoms with Crippen molar-refractivity contribution in [3.05, 3.63) is 75.6 Å². The number of anilines is 1. The van der Waals surface area contributed by atoms with Crippen LogP contribution in [0.1, 0.15) is 5.76 Å². The minimum Gasteiger partial charge on any atom is -0.459 e. The fraction of sp³-hybridized carbons (Fsp3) is 0.0625. The van der Waals surface area contributed by atoms with Gasteiger partial charge in [-0.15, -0.1) is 0 Å². The summed E-state index contributed by atoms with van der Waals surface area (Å²) in [6, 6.07) is 13.9. The van der Waals surface area contributed by atoms with E-state index < -0.39 is 4.92 Å². The molecule has 0 aliphatic carbocycles. The average Bonchev–Trinajstić information content (AvgIpc) is 3.03. The zero-order valence-electron chi connectivity index (χ0n) is 11.9. The first-order valence-corrected chi connectivity index (χ1v) is 7.19. The third-order valence-electron chi connectivity index (χ3n) is 3.20. The van der Waals surface area contributed by atoms with Gasteiger partial charge < -0.3 is 9.73 Å². The molecular formula is C16H12ClN3O3. The van der Waals surface area contributed by atoms with Gasteiger partial charge >= 0.3 is 5.69 Å². The molecule has 0 aliphatic rings. The molecule has 0 aliphatic heterocycles. The van der Waals surface area contributed by atoms with Crippen molar-refractivity contribution < 1.29 is 9.34 Å². The number of pyridine rings is 1. The molecule has 0 saturated heterocycles. The normalized spacial score (nSPS) is 10.5. The van der Waals surface area contributed by atoms with Crippen LogP contribution >= 0.6 is 11.6 Å². The third kappa shape index (κ3) is 3.49. The van der Waals surface area contributed by atoms with E-state index >= 15 is 0 Å². The highest BCUT2D eigenvalue weighted by atomic mass is 35.5. The molecule has 3 aromatic rings. The number of furan rings is 1. The highest BCUT2D eigenvalue weighted by molar-refractivity contribution is 6.30. The van der Waals surface area contributed by atoms with E-state index in [1.807, 2.05) is 24.3 Å². The van der Waals surface area contributed by atoms with E-state index in [4.69, 9.17) is 16.0 Å². The summed E-state index contributed by atoms with van der Waals surface area (Å²) >= 11 is 5.86. The van der Waals surface area contributed by atoms with Crippen molar-refractivity contribution in [3.8, 4) is 11.3 Å². The van der Waals surface area contributed by atoms with E-state index in [1.54, 1.807) is 12.1 Å². The van der Waals surface area contributed by atoms with Crippen LogP contribution in [0.15, 0.2) is 59.1 Å². The summed E-state index contributed by atoms with van der Waals surface area (Å²) in [5.74, 6) is 1.56. The van der Waals surface area contributed by atoms with Gasteiger partial charge in [0, 0.05) is 22.8 Å². The number of nitrogens with one attached hydrogen (secondary N) is 1. The van der Waals surface area contributed by atoms with Gasteiger partial charge in [-0.2, -0.15) is 0 Å². The lowest BCUT2D eigenvalue weighted by Crippen LogP contribution is -2.03. The summed E-state index contributed by atoms with van der Waals surface area (Å²) in [7, 11) is 0. The first-order valence-electron chi connectivity index (χ1n) is 6.81. The molecule has 7 heteroatoms. The van der Waals surface area contributed by atoms with Gasteiger partial charge in [-0.3, -0.25) is 10.1 Å². The number of benzene rings is 1. The van der Waals surface area contributed by atoms with Gasteiger partial charge in [-0.1, -0.05) is 11.6 Å². The minimum atomic E-state index is -0.476. The zero-order valence-corrected chi connectivity index (χ0v) is 12.7. The van der Waals surface area contributed by atoms with Crippen LogP contribution in [0.2, 0.25) is 5.02 Å². The van der Waals surface area contributed by atoms with Gasteiger partial charge in [-0.25, -0.2) is 4.98 Å². The van der Waals surface area contributed by atoms with Crippen LogP contribution in [0.5, 0.6) is 0 Å². The summed E-state index contributed by atoms with van der Waals surface area (Å²) in [5.41, 5.74) is 0.835. The Balaban J connectivity index is 1.73. The van der Waals surface area contributed by atoms with Crippen molar-refractivity contribution in [2.24, 2.45) is 0 Å². The molecule has 2 heterocycles. The predicted octanol–water partition coefficient (Wildman–Crippen LogP) is 4.52. The second kappa shape index (κ2) is 6.50. The number of halogens is 1. The molecule has 1 aromatic carbocycles. The van der Waals surface area contributed by atoms with Crippen molar-refractivity contribution in [2.75, 3.05) is 5.32 Å². The standard InChI is InChI=1S/C16H12ClN3O3/c17-12-5-3-11(4-6-12)15-8-7-13(23-15)10-19-16-14(20(21)22)2-1-9-18-16/h1-9H,10H2,(H,18,19). The van der Waals surface area contributed by atoms with Crippen LogP contribution < -0.4 is 5.32 Å². The van der Waals surface area contributed by atoms with Crippen molar-refractivity contribution >= 4 is 23.1 Å². The number of hydrogen-bond acceptors (Lipinski definition) is 5. The molecule has 0 bridgehead atoms. The fourth-order valence-electron chi connectivity index (χ4n) is 2.09. The number of hydrogen-bond donors (Lipinski definition) is 1. The van der Waals surface area contributed by atoms with Gasteiger partial charge in [0.2, 0.25) is 5.82 Å². The highest BCUT2D eigenvalue weighted by Gasteiger charge is 2.14. The molecule has 1 N–H and O–H groups in total. The maximum Gasteiger partial charge on any atom is 0.311 e. The SMILES string of the molecule is O=[N+]([O-])c1cccnc1NCc1ccc(-c2ccc(Cl)cc2)o1. The van der Waals surface area contributed by atoms with Crippen LogP contribution in [0.3, 0.4) is 0 Å². The molecule has 0 amide bonds. The number of aromatic nitrogens is 1. The largest absolute Gasteiger partial charge is 0.459 e. The number of rotatable bonds is 5. The maximum absolute atomic E-state index is 10.9. The van der Waals surface area contributed by atoms with Crippen LogP contribution in [-0.4, -0.2) is 9.91 Å². The number of nitro groups is 1. The van der Waals surface area contributed by atoms with E-state index in [0.717, 1.165) is 5.56 Å². The fourth-order valence-corrected chi connectivity index (χ4v) is 2.22. The molecule has 0 saturated carbocycles. The molecule has 0 atom stereocenters. The molecule has 0 fully saturated rings. The molecule has 116 valence electrons. The lowest BCUT2D eigenvalue weighted by molar-refractivity contribution is -0.384. The van der Waals surface area contributed by atoms with E-state index in [-0.39, 0.29) is 11.5 Å². The van der Waals surface area contributed by atoms with E-state index in [1.165, 1.54) is 18.3 Å². The summed E-state index contributed by atoms with van der Waals surface area (Å²) in [4.78, 5) is 14.4. The van der Waals surface area contributed by atoms with Crippen molar-refractivity contribution in [2.45, 2.75) is 6.54 Å². The monoisotopic (exact) mass is 329 g/mol. The molecule has 0 radical (unpaired) electrons. The molecular weight excluding hydrogens is 318 g/mol. The number of nitrogens with zero attached hydrogens (tertiary/aromatic N) is 2. The molecule has 6 nitrogen and oxygen atoms in total. The van der Waals surface area contributed by atoms with E-state index in [2.05, 4.69) is 10.3 Å². The Kier molecular flexibility index (Phi) is 4.25. The first-order chi connectivity index (χ1) is 11.1. The topological polar surface area (TPSA) is 81.2 Å². The lowest BCUT2D eigenvalue weighted by Gasteiger charge is -2.04. The smallest absolute Gasteiger partial charge is 0.311 e. The summed E-state index contributed by atoms with van der Waals surface area (Å²) in [6.45, 7) is 0.297. The quantitative estimate of drug-likeness (QED) is 0.550. The summed E-state index contributed by atoms with van der Waals surface area (Å²) < 4.78 is 5.73. The van der Waals surface area contributed by atoms with Crippen molar-refractivity contribution in [3.63, 3.8) is 0 Å². The second-order valence-corrected chi connectivity index (χ2v) is 5.19. The van der Waals surface area contributed by atoms with E-state index in [9.17, 15) is 10.1 Å². The van der Waals surface area contributed by atoms with Crippen LogP contribution in [-0.2, 0) is 6.54 Å². The van der Waals surface area contributed by atoms with Gasteiger partial charge in [0.25, 0.3) is 0 Å². The zero-order chi connectivity index (χ0) is 16.2. The Labute approximate surface area is 136 Å². The van der Waals surface area contributed by atoms with Gasteiger partial charge in [-0.05, 0) is 42.5 Å². The van der Waals surface area contributed by atoms with E-state index in [0.29, 0.717) is 23.1 Å². The Morgan fingerprint density at radius 3 is 2.70 bits per heavy atom. The summed E-state index contributed by atoms with van der Waals surface area (Å²) in [5, 5.41) is 14.5. The van der Waals surface area contributed by atoms with Crippen LogP contribution in [0, 0.1) is 10.1 Å². The maximum atomic E-state index is 10.9. The molecule has 0 unspecified atom stereocenters. The van der Waals surface area contributed by atoms with Crippen molar-refractivity contribution in [1.29, 1.82) is 0 Å². The Hall–Kier alpha value is -2.86. The molecule has 0 spiro atoms. The molecule has 23 heavy (non-hydrogen) atoms. The lowest BCUT2D eigenvalue weighted by atomic mass is 10.2. The average molecular weight is 330 g/mol. The third-order valence-corrected chi connectivity index (χ3v) is 3.46. The molecule has 2 aromatic heterocycles. The molecule has 3 rings (SSSR count). The van der Waals surface area contributed by atoms with Crippen molar-refractivity contribution in [1.82, 2.24) is 4.98 Å². The van der Waals surface area contributed by atoms with Crippen LogP contribution in [0.25, 0.3) is 11.3 Å². The van der Waals surface area contributed by atoms with Crippen LogP contribution in [0.4, 0.5) is 11.5 Å². The predicted molar refractivity (Wildman–Crippen MR) is 87.4 cm³/mol. The first kappa shape index (κ1) is 15.1. The van der Waals surface area contributed by atoms with Gasteiger partial charge in [0.1, 0.15) is 11.5 Å². The highest BCUT2D eigenvalue weighted by Crippen LogP contribution is 2.25. The Morgan fingerprint density at radius 1 is 1.17 bits per heavy atom. The van der Waals surface area contributed by atoms with Gasteiger partial charge in [0.15, 0.2) is 0 Å². The summed E-state index contributed by atoms with van der Waals surface area (Å²) in [6.07, 6.45) is 1.50. The minimum absolute atomic E-state index is 0.0722. The second-order valence-electron chi connectivity index (χ2n) is 4.75. The van der Waals surface area contributed by atoms with Gasteiger partial charge in [0.05, 0.1) is 11.5 Å². The Morgan fingerprint density at radius 2 is 1.96 bits per heavy atom. The Bertz CT molecular complexity index is 831.